The van der Waals surface area contributed by atoms with Crippen molar-refractivity contribution < 1.29 is 23.3 Å². The number of nitrogens with one attached hydrogen (secondary N) is 1. The van der Waals surface area contributed by atoms with Crippen LogP contribution in [0, 0.1) is 17.5 Å². The molecule has 2 rings (SSSR count). The molecule has 6 heteroatoms. The van der Waals surface area contributed by atoms with E-state index in [4.69, 9.17) is 0 Å². The summed E-state index contributed by atoms with van der Waals surface area (Å²) in [5.74, 6) is -4.61. The van der Waals surface area contributed by atoms with Crippen molar-refractivity contribution >= 4 is 11.6 Å². The molecule has 1 aromatic carbocycles. The van der Waals surface area contributed by atoms with E-state index in [1.54, 1.807) is 6.92 Å². The summed E-state index contributed by atoms with van der Waals surface area (Å²) in [5.41, 5.74) is -0.327. The number of nitrogens with two attached hydrogens (primary N) is 1. The van der Waals surface area contributed by atoms with Crippen molar-refractivity contribution in [2.75, 3.05) is 5.32 Å². The summed E-state index contributed by atoms with van der Waals surface area (Å²) in [6.07, 6.45) is 8.18. The van der Waals surface area contributed by atoms with Gasteiger partial charge in [-0.05, 0) is 44.7 Å². The molecule has 3 nitrogen and oxygen atoms in total. The van der Waals surface area contributed by atoms with Gasteiger partial charge in [0.25, 0.3) is 5.91 Å². The number of benzene rings is 1. The molecule has 3 N–H and O–H groups in total. The number of amides is 1. The molecule has 0 bridgehead atoms. The summed E-state index contributed by atoms with van der Waals surface area (Å²) in [6, 6.07) is 1.81. The monoisotopic (exact) mass is 329 g/mol. The largest absolute Gasteiger partial charge is 0.334 e. The molecule has 0 spiro atoms. The lowest BCUT2D eigenvalue weighted by molar-refractivity contribution is -0.707. The Labute approximate surface area is 134 Å². The van der Waals surface area contributed by atoms with Gasteiger partial charge in [0.05, 0.1) is 11.7 Å². The zero-order valence-corrected chi connectivity index (χ0v) is 13.4. The highest BCUT2D eigenvalue weighted by atomic mass is 19.2. The maximum Gasteiger partial charge on any atom is 0.282 e. The van der Waals surface area contributed by atoms with E-state index in [2.05, 4.69) is 5.32 Å². The first kappa shape index (κ1) is 17.8. The Balaban J connectivity index is 1.93. The minimum Gasteiger partial charge on any atom is -0.334 e. The van der Waals surface area contributed by atoms with Gasteiger partial charge in [-0.2, -0.15) is 0 Å². The molecule has 1 aromatic rings. The Morgan fingerprint density at radius 2 is 1.70 bits per heavy atom. The lowest BCUT2D eigenvalue weighted by Gasteiger charge is -2.21. The Morgan fingerprint density at radius 1 is 1.09 bits per heavy atom. The van der Waals surface area contributed by atoms with Crippen LogP contribution in [0.4, 0.5) is 18.9 Å². The van der Waals surface area contributed by atoms with Crippen LogP contribution in [0.2, 0.25) is 0 Å². The second kappa shape index (κ2) is 8.34. The van der Waals surface area contributed by atoms with Crippen LogP contribution in [-0.2, 0) is 4.79 Å². The van der Waals surface area contributed by atoms with Gasteiger partial charge in [-0.15, -0.1) is 0 Å². The van der Waals surface area contributed by atoms with E-state index in [-0.39, 0.29) is 5.69 Å². The zero-order chi connectivity index (χ0) is 16.8. The number of hydrogen-bond acceptors (Lipinski definition) is 1. The molecule has 23 heavy (non-hydrogen) atoms. The van der Waals surface area contributed by atoms with E-state index in [1.807, 2.05) is 5.32 Å². The molecule has 1 aliphatic carbocycles. The van der Waals surface area contributed by atoms with Crippen molar-refractivity contribution in [2.24, 2.45) is 0 Å². The molecule has 0 heterocycles. The van der Waals surface area contributed by atoms with Crippen LogP contribution in [0.15, 0.2) is 12.1 Å². The molecule has 1 amide bonds. The Kier molecular flexibility index (Phi) is 6.45. The third-order valence-electron chi connectivity index (χ3n) is 4.42. The summed E-state index contributed by atoms with van der Waals surface area (Å²) in [5, 5.41) is 4.34. The molecule has 128 valence electrons. The third-order valence-corrected chi connectivity index (χ3v) is 4.42. The van der Waals surface area contributed by atoms with Crippen molar-refractivity contribution in [1.82, 2.24) is 0 Å². The van der Waals surface area contributed by atoms with E-state index < -0.39 is 29.4 Å². The number of rotatable bonds is 4. The highest BCUT2D eigenvalue weighted by molar-refractivity contribution is 5.93. The first-order valence-electron chi connectivity index (χ1n) is 8.28. The van der Waals surface area contributed by atoms with Gasteiger partial charge in [-0.1, -0.05) is 19.3 Å². The topological polar surface area (TPSA) is 45.7 Å². The highest BCUT2D eigenvalue weighted by Gasteiger charge is 2.24. The molecule has 1 saturated carbocycles. The minimum atomic E-state index is -1.57. The molecular formula is C17H24F3N2O+. The highest BCUT2D eigenvalue weighted by Crippen LogP contribution is 2.19. The molecular weight excluding hydrogens is 305 g/mol. The van der Waals surface area contributed by atoms with E-state index in [0.717, 1.165) is 37.8 Å². The smallest absolute Gasteiger partial charge is 0.282 e. The Hall–Kier alpha value is -1.56. The quantitative estimate of drug-likeness (QED) is 0.819. The molecule has 1 fully saturated rings. The molecule has 1 atom stereocenters. The second-order valence-electron chi connectivity index (χ2n) is 6.30. The van der Waals surface area contributed by atoms with Crippen LogP contribution in [0.5, 0.6) is 0 Å². The van der Waals surface area contributed by atoms with E-state index in [9.17, 15) is 18.0 Å². The fraction of sp³-hybridized carbons (Fsp3) is 0.588. The predicted octanol–water partition coefficient (Wildman–Crippen LogP) is 3.11. The SMILES string of the molecule is C[C@@H]([NH2+]C1CCCCCCC1)C(=O)Nc1ccc(F)c(F)c1F. The van der Waals surface area contributed by atoms with Crippen LogP contribution >= 0.6 is 0 Å². The Morgan fingerprint density at radius 3 is 2.35 bits per heavy atom. The molecule has 0 aliphatic heterocycles. The molecule has 0 radical (unpaired) electrons. The summed E-state index contributed by atoms with van der Waals surface area (Å²) >= 11 is 0. The van der Waals surface area contributed by atoms with Gasteiger partial charge in [0.15, 0.2) is 23.5 Å². The number of anilines is 1. The molecule has 0 saturated heterocycles. The maximum atomic E-state index is 13.6. The third kappa shape index (κ3) is 4.96. The van der Waals surface area contributed by atoms with Gasteiger partial charge in [0.1, 0.15) is 0 Å². The number of hydrogen-bond donors (Lipinski definition) is 2. The van der Waals surface area contributed by atoms with Crippen LogP contribution in [0.3, 0.4) is 0 Å². The number of carbonyl (C=O) groups excluding carboxylic acids is 1. The van der Waals surface area contributed by atoms with Gasteiger partial charge >= 0.3 is 0 Å². The van der Waals surface area contributed by atoms with Gasteiger partial charge in [0.2, 0.25) is 0 Å². The lowest BCUT2D eigenvalue weighted by atomic mass is 9.96. The fourth-order valence-corrected chi connectivity index (χ4v) is 3.04. The van der Waals surface area contributed by atoms with Crippen molar-refractivity contribution in [1.29, 1.82) is 0 Å². The van der Waals surface area contributed by atoms with E-state index in [1.165, 1.54) is 19.3 Å². The Bertz CT molecular complexity index is 543. The summed E-state index contributed by atoms with van der Waals surface area (Å²) in [7, 11) is 0. The first-order chi connectivity index (χ1) is 11.0. The second-order valence-corrected chi connectivity index (χ2v) is 6.30. The average molecular weight is 329 g/mol. The molecule has 0 unspecified atom stereocenters. The van der Waals surface area contributed by atoms with E-state index in [0.29, 0.717) is 6.04 Å². The van der Waals surface area contributed by atoms with Crippen LogP contribution < -0.4 is 10.6 Å². The maximum absolute atomic E-state index is 13.6. The van der Waals surface area contributed by atoms with Gasteiger partial charge in [0, 0.05) is 0 Å². The standard InChI is InChI=1S/C17H23F3N2O/c1-11(21-12-7-5-3-2-4-6-8-12)17(23)22-14-10-9-13(18)15(19)16(14)20/h9-12,21H,2-8H2,1H3,(H,22,23)/p+1/t11-/m1/s1. The van der Waals surface area contributed by atoms with Gasteiger partial charge < -0.3 is 10.6 Å². The average Bonchev–Trinajstić information content (AvgIpc) is 2.50. The number of quaternary nitrogens is 1. The van der Waals surface area contributed by atoms with Crippen LogP contribution in [0.25, 0.3) is 0 Å². The van der Waals surface area contributed by atoms with Crippen molar-refractivity contribution in [3.8, 4) is 0 Å². The molecule has 1 aliphatic rings. The molecule has 0 aromatic heterocycles. The van der Waals surface area contributed by atoms with Crippen molar-refractivity contribution in [3.63, 3.8) is 0 Å². The first-order valence-corrected chi connectivity index (χ1v) is 8.28. The summed E-state index contributed by atoms with van der Waals surface area (Å²) in [6.45, 7) is 1.74. The van der Waals surface area contributed by atoms with E-state index >= 15 is 0 Å². The normalized spacial score (nSPS) is 18.1. The lowest BCUT2D eigenvalue weighted by Crippen LogP contribution is -2.96. The summed E-state index contributed by atoms with van der Waals surface area (Å²) < 4.78 is 39.7. The fourth-order valence-electron chi connectivity index (χ4n) is 3.04. The van der Waals surface area contributed by atoms with Gasteiger partial charge in [-0.3, -0.25) is 4.79 Å². The van der Waals surface area contributed by atoms with Crippen molar-refractivity contribution in [3.05, 3.63) is 29.6 Å². The minimum absolute atomic E-state index is 0.327. The van der Waals surface area contributed by atoms with Crippen LogP contribution in [-0.4, -0.2) is 18.0 Å². The summed E-state index contributed by atoms with van der Waals surface area (Å²) in [4.78, 5) is 12.2. The predicted molar refractivity (Wildman–Crippen MR) is 82.4 cm³/mol. The zero-order valence-electron chi connectivity index (χ0n) is 13.4. The number of halogens is 3. The van der Waals surface area contributed by atoms with Gasteiger partial charge in [-0.25, -0.2) is 13.2 Å². The number of carbonyl (C=O) groups is 1. The van der Waals surface area contributed by atoms with Crippen molar-refractivity contribution in [2.45, 2.75) is 64.0 Å². The van der Waals surface area contributed by atoms with Crippen LogP contribution in [0.1, 0.15) is 51.9 Å².